The molecule has 1 atom stereocenters. The standard InChI is InChI=1S/C15H18N4O/c16-14-11-4-1-7-18-12(11)5-6-13(14)19-8-2-3-10(9-19)15(17)20/h1,4-7,10H,2-3,8-9,16H2,(H2,17,20). The summed E-state index contributed by atoms with van der Waals surface area (Å²) >= 11 is 0. The Morgan fingerprint density at radius 1 is 1.35 bits per heavy atom. The Kier molecular flexibility index (Phi) is 3.18. The number of nitrogen functional groups attached to an aromatic ring is 1. The molecule has 5 nitrogen and oxygen atoms in total. The van der Waals surface area contributed by atoms with Crippen LogP contribution in [0.2, 0.25) is 0 Å². The molecule has 0 radical (unpaired) electrons. The lowest BCUT2D eigenvalue weighted by molar-refractivity contribution is -0.122. The summed E-state index contributed by atoms with van der Waals surface area (Å²) in [5.41, 5.74) is 14.3. The fourth-order valence-electron chi connectivity index (χ4n) is 2.87. The molecule has 1 aromatic carbocycles. The van der Waals surface area contributed by atoms with Crippen molar-refractivity contribution in [3.05, 3.63) is 30.5 Å². The van der Waals surface area contributed by atoms with E-state index in [1.54, 1.807) is 6.20 Å². The van der Waals surface area contributed by atoms with Crippen LogP contribution in [0.4, 0.5) is 11.4 Å². The molecule has 0 aliphatic carbocycles. The number of hydrogen-bond donors (Lipinski definition) is 2. The minimum atomic E-state index is -0.226. The maximum atomic E-state index is 11.4. The van der Waals surface area contributed by atoms with E-state index in [2.05, 4.69) is 9.88 Å². The molecule has 1 aliphatic heterocycles. The Morgan fingerprint density at radius 2 is 2.20 bits per heavy atom. The Bertz CT molecular complexity index is 655. The number of pyridine rings is 1. The Hall–Kier alpha value is -2.30. The van der Waals surface area contributed by atoms with Crippen LogP contribution in [0.1, 0.15) is 12.8 Å². The summed E-state index contributed by atoms with van der Waals surface area (Å²) in [5.74, 6) is -0.316. The van der Waals surface area contributed by atoms with Gasteiger partial charge in [-0.1, -0.05) is 0 Å². The van der Waals surface area contributed by atoms with Crippen molar-refractivity contribution < 1.29 is 4.79 Å². The maximum absolute atomic E-state index is 11.4. The topological polar surface area (TPSA) is 85.2 Å². The highest BCUT2D eigenvalue weighted by Gasteiger charge is 2.25. The van der Waals surface area contributed by atoms with E-state index in [9.17, 15) is 4.79 Å². The van der Waals surface area contributed by atoms with Crippen molar-refractivity contribution in [3.8, 4) is 0 Å². The largest absolute Gasteiger partial charge is 0.396 e. The summed E-state index contributed by atoms with van der Waals surface area (Å²) in [7, 11) is 0. The molecule has 1 amide bonds. The third-order valence-electron chi connectivity index (χ3n) is 3.97. The second-order valence-corrected chi connectivity index (χ2v) is 5.26. The van der Waals surface area contributed by atoms with E-state index in [4.69, 9.17) is 11.5 Å². The Balaban J connectivity index is 1.97. The SMILES string of the molecule is NC(=O)C1CCCN(c2ccc3ncccc3c2N)C1. The number of aromatic nitrogens is 1. The lowest BCUT2D eigenvalue weighted by atomic mass is 9.96. The molecular weight excluding hydrogens is 252 g/mol. The monoisotopic (exact) mass is 270 g/mol. The molecule has 3 rings (SSSR count). The van der Waals surface area contributed by atoms with Crippen molar-refractivity contribution in [1.29, 1.82) is 0 Å². The van der Waals surface area contributed by atoms with Gasteiger partial charge in [-0.2, -0.15) is 0 Å². The van der Waals surface area contributed by atoms with Gasteiger partial charge in [0.1, 0.15) is 0 Å². The van der Waals surface area contributed by atoms with E-state index >= 15 is 0 Å². The lowest BCUT2D eigenvalue weighted by Crippen LogP contribution is -2.41. The van der Waals surface area contributed by atoms with Crippen molar-refractivity contribution >= 4 is 28.2 Å². The number of amides is 1. The molecule has 1 aromatic heterocycles. The first kappa shape index (κ1) is 12.7. The third-order valence-corrected chi connectivity index (χ3v) is 3.97. The zero-order chi connectivity index (χ0) is 14.1. The molecule has 0 spiro atoms. The number of primary amides is 1. The van der Waals surface area contributed by atoms with Gasteiger partial charge in [-0.05, 0) is 37.1 Å². The summed E-state index contributed by atoms with van der Waals surface area (Å²) in [6.07, 6.45) is 3.57. The van der Waals surface area contributed by atoms with E-state index in [-0.39, 0.29) is 11.8 Å². The average molecular weight is 270 g/mol. The first-order valence-corrected chi connectivity index (χ1v) is 6.84. The smallest absolute Gasteiger partial charge is 0.222 e. The molecule has 1 unspecified atom stereocenters. The number of fused-ring (bicyclic) bond motifs is 1. The van der Waals surface area contributed by atoms with Gasteiger partial charge in [-0.15, -0.1) is 0 Å². The number of carbonyl (C=O) groups is 1. The highest BCUT2D eigenvalue weighted by Crippen LogP contribution is 2.33. The van der Waals surface area contributed by atoms with E-state index in [0.717, 1.165) is 41.7 Å². The van der Waals surface area contributed by atoms with Crippen molar-refractivity contribution in [3.63, 3.8) is 0 Å². The van der Waals surface area contributed by atoms with Gasteiger partial charge in [0.25, 0.3) is 0 Å². The molecular formula is C15H18N4O. The zero-order valence-electron chi connectivity index (χ0n) is 11.2. The summed E-state index contributed by atoms with van der Waals surface area (Å²) in [6, 6.07) is 7.80. The van der Waals surface area contributed by atoms with Crippen LogP contribution >= 0.6 is 0 Å². The van der Waals surface area contributed by atoms with Gasteiger partial charge in [0, 0.05) is 24.7 Å². The summed E-state index contributed by atoms with van der Waals surface area (Å²) in [4.78, 5) is 17.8. The number of benzene rings is 1. The van der Waals surface area contributed by atoms with Crippen molar-refractivity contribution in [2.45, 2.75) is 12.8 Å². The fourth-order valence-corrected chi connectivity index (χ4v) is 2.87. The molecule has 2 aromatic rings. The lowest BCUT2D eigenvalue weighted by Gasteiger charge is -2.34. The van der Waals surface area contributed by atoms with Gasteiger partial charge in [-0.3, -0.25) is 9.78 Å². The number of carbonyl (C=O) groups excluding carboxylic acids is 1. The van der Waals surface area contributed by atoms with E-state index < -0.39 is 0 Å². The summed E-state index contributed by atoms with van der Waals surface area (Å²) in [6.45, 7) is 1.55. The quantitative estimate of drug-likeness (QED) is 0.810. The van der Waals surface area contributed by atoms with Crippen LogP contribution in [0.3, 0.4) is 0 Å². The first-order valence-electron chi connectivity index (χ1n) is 6.84. The molecule has 104 valence electrons. The third kappa shape index (κ3) is 2.15. The van der Waals surface area contributed by atoms with Gasteiger partial charge >= 0.3 is 0 Å². The van der Waals surface area contributed by atoms with Crippen LogP contribution in [0.5, 0.6) is 0 Å². The van der Waals surface area contributed by atoms with E-state index in [0.29, 0.717) is 6.54 Å². The Morgan fingerprint density at radius 3 is 3.00 bits per heavy atom. The second-order valence-electron chi connectivity index (χ2n) is 5.26. The predicted octanol–water partition coefficient (Wildman–Crippen LogP) is 1.52. The predicted molar refractivity (Wildman–Crippen MR) is 80.3 cm³/mol. The molecule has 0 saturated carbocycles. The molecule has 20 heavy (non-hydrogen) atoms. The van der Waals surface area contributed by atoms with Crippen molar-refractivity contribution in [2.24, 2.45) is 11.7 Å². The van der Waals surface area contributed by atoms with Gasteiger partial charge < -0.3 is 16.4 Å². The number of piperidine rings is 1. The second kappa shape index (κ2) is 5.00. The van der Waals surface area contributed by atoms with Crippen LogP contribution in [-0.4, -0.2) is 24.0 Å². The maximum Gasteiger partial charge on any atom is 0.222 e. The van der Waals surface area contributed by atoms with Crippen LogP contribution < -0.4 is 16.4 Å². The van der Waals surface area contributed by atoms with Crippen LogP contribution in [0.15, 0.2) is 30.5 Å². The van der Waals surface area contributed by atoms with Crippen LogP contribution in [0.25, 0.3) is 10.9 Å². The van der Waals surface area contributed by atoms with Gasteiger partial charge in [-0.25, -0.2) is 0 Å². The normalized spacial score (nSPS) is 19.2. The zero-order valence-corrected chi connectivity index (χ0v) is 11.2. The number of anilines is 2. The minimum Gasteiger partial charge on any atom is -0.396 e. The highest BCUT2D eigenvalue weighted by atomic mass is 16.1. The molecule has 5 heteroatoms. The molecule has 4 N–H and O–H groups in total. The first-order chi connectivity index (χ1) is 9.66. The van der Waals surface area contributed by atoms with E-state index in [1.807, 2.05) is 24.3 Å². The Labute approximate surface area is 117 Å². The molecule has 2 heterocycles. The number of nitrogens with two attached hydrogens (primary N) is 2. The van der Waals surface area contributed by atoms with Crippen molar-refractivity contribution in [1.82, 2.24) is 4.98 Å². The molecule has 1 fully saturated rings. The summed E-state index contributed by atoms with van der Waals surface area (Å²) < 4.78 is 0. The molecule has 1 aliphatic rings. The summed E-state index contributed by atoms with van der Waals surface area (Å²) in [5, 5.41) is 0.950. The van der Waals surface area contributed by atoms with Crippen molar-refractivity contribution in [2.75, 3.05) is 23.7 Å². The molecule has 1 saturated heterocycles. The fraction of sp³-hybridized carbons (Fsp3) is 0.333. The minimum absolute atomic E-state index is 0.0901. The molecule has 0 bridgehead atoms. The van der Waals surface area contributed by atoms with Gasteiger partial charge in [0.05, 0.1) is 22.8 Å². The average Bonchev–Trinajstić information content (AvgIpc) is 2.48. The van der Waals surface area contributed by atoms with Gasteiger partial charge in [0.2, 0.25) is 5.91 Å². The van der Waals surface area contributed by atoms with Crippen LogP contribution in [-0.2, 0) is 4.79 Å². The number of nitrogens with zero attached hydrogens (tertiary/aromatic N) is 2. The number of rotatable bonds is 2. The highest BCUT2D eigenvalue weighted by molar-refractivity contribution is 5.97. The van der Waals surface area contributed by atoms with Gasteiger partial charge in [0.15, 0.2) is 0 Å². The van der Waals surface area contributed by atoms with Crippen LogP contribution in [0, 0.1) is 5.92 Å². The number of hydrogen-bond acceptors (Lipinski definition) is 4. The van der Waals surface area contributed by atoms with E-state index in [1.165, 1.54) is 0 Å².